The van der Waals surface area contributed by atoms with Gasteiger partial charge in [0.15, 0.2) is 0 Å². The van der Waals surface area contributed by atoms with Crippen molar-refractivity contribution in [3.63, 3.8) is 0 Å². The molecule has 0 saturated carbocycles. The summed E-state index contributed by atoms with van der Waals surface area (Å²) in [7, 11) is 1.37. The zero-order chi connectivity index (χ0) is 15.8. The van der Waals surface area contributed by atoms with Crippen LogP contribution in [0.15, 0.2) is 24.3 Å². The summed E-state index contributed by atoms with van der Waals surface area (Å²) in [4.78, 5) is 23.1. The predicted molar refractivity (Wildman–Crippen MR) is 92.0 cm³/mol. The van der Waals surface area contributed by atoms with Gasteiger partial charge in [-0.2, -0.15) is 0 Å². The third-order valence-corrected chi connectivity index (χ3v) is 4.05. The second-order valence-corrected chi connectivity index (χ2v) is 5.69. The van der Waals surface area contributed by atoms with Gasteiger partial charge in [0.25, 0.3) is 0 Å². The number of hydrogen-bond donors (Lipinski definition) is 2. The number of ether oxygens (including phenoxy) is 1. The zero-order valence-electron chi connectivity index (χ0n) is 13.5. The Hall–Kier alpha value is -1.59. The number of carbonyl (C=O) groups excluding carboxylic acids is 2. The molecule has 0 aliphatic carbocycles. The molecule has 6 heteroatoms. The maximum atomic E-state index is 11.8. The molecule has 2 rings (SSSR count). The van der Waals surface area contributed by atoms with Crippen LogP contribution in [0.3, 0.4) is 0 Å². The smallest absolute Gasteiger partial charge is 0.337 e. The molecule has 0 aromatic heterocycles. The van der Waals surface area contributed by atoms with E-state index in [1.165, 1.54) is 13.5 Å². The predicted octanol–water partition coefficient (Wildman–Crippen LogP) is 1.94. The van der Waals surface area contributed by atoms with E-state index in [1.54, 1.807) is 12.1 Å². The van der Waals surface area contributed by atoms with Crippen molar-refractivity contribution in [1.29, 1.82) is 0 Å². The van der Waals surface area contributed by atoms with E-state index in [-0.39, 0.29) is 24.3 Å². The van der Waals surface area contributed by atoms with Crippen molar-refractivity contribution < 1.29 is 14.3 Å². The van der Waals surface area contributed by atoms with E-state index in [0.717, 1.165) is 31.5 Å². The van der Waals surface area contributed by atoms with E-state index in [9.17, 15) is 9.59 Å². The Bertz CT molecular complexity index is 499. The van der Waals surface area contributed by atoms with Crippen molar-refractivity contribution in [3.8, 4) is 0 Å². The van der Waals surface area contributed by atoms with Crippen LogP contribution in [-0.2, 0) is 16.0 Å². The molecule has 2 N–H and O–H groups in total. The van der Waals surface area contributed by atoms with Gasteiger partial charge < -0.3 is 15.4 Å². The van der Waals surface area contributed by atoms with Crippen LogP contribution in [0.5, 0.6) is 0 Å². The van der Waals surface area contributed by atoms with Crippen molar-refractivity contribution >= 4 is 24.3 Å². The highest BCUT2D eigenvalue weighted by Crippen LogP contribution is 2.13. The number of methoxy groups -OCH3 is 1. The standard InChI is InChI=1S/C17H24N2O3.ClH/c1-22-17(21)15-5-2-13(3-6-15)9-11-19-16(20)7-4-14-8-10-18-12-14;/h2-3,5-6,14,18H,4,7-12H2,1H3,(H,19,20);1H. The van der Waals surface area contributed by atoms with Gasteiger partial charge >= 0.3 is 5.97 Å². The number of hydrogen-bond acceptors (Lipinski definition) is 4. The second kappa shape index (κ2) is 10.2. The molecule has 1 aromatic rings. The molecular formula is C17H25ClN2O3. The highest BCUT2D eigenvalue weighted by molar-refractivity contribution is 5.89. The maximum Gasteiger partial charge on any atom is 0.337 e. The molecule has 0 bridgehead atoms. The number of rotatable bonds is 7. The van der Waals surface area contributed by atoms with Crippen LogP contribution in [0, 0.1) is 5.92 Å². The van der Waals surface area contributed by atoms with Crippen molar-refractivity contribution in [2.75, 3.05) is 26.7 Å². The van der Waals surface area contributed by atoms with E-state index in [1.807, 2.05) is 12.1 Å². The second-order valence-electron chi connectivity index (χ2n) is 5.69. The fraction of sp³-hybridized carbons (Fsp3) is 0.529. The SMILES string of the molecule is COC(=O)c1ccc(CCNC(=O)CCC2CCNC2)cc1.Cl. The first-order valence-corrected chi connectivity index (χ1v) is 7.83. The van der Waals surface area contributed by atoms with E-state index in [2.05, 4.69) is 15.4 Å². The molecular weight excluding hydrogens is 316 g/mol. The topological polar surface area (TPSA) is 67.4 Å². The van der Waals surface area contributed by atoms with Crippen molar-refractivity contribution in [3.05, 3.63) is 35.4 Å². The zero-order valence-corrected chi connectivity index (χ0v) is 14.3. The number of halogens is 1. The summed E-state index contributed by atoms with van der Waals surface area (Å²) in [5, 5.41) is 6.27. The summed E-state index contributed by atoms with van der Waals surface area (Å²) in [6.45, 7) is 2.74. The third-order valence-electron chi connectivity index (χ3n) is 4.05. The molecule has 1 aromatic carbocycles. The van der Waals surface area contributed by atoms with Crippen LogP contribution in [0.1, 0.15) is 35.2 Å². The van der Waals surface area contributed by atoms with Crippen LogP contribution < -0.4 is 10.6 Å². The lowest BCUT2D eigenvalue weighted by atomic mass is 10.0. The third kappa shape index (κ3) is 6.59. The Balaban J connectivity index is 0.00000264. The van der Waals surface area contributed by atoms with Crippen molar-refractivity contribution in [1.82, 2.24) is 10.6 Å². The van der Waals surface area contributed by atoms with Crippen molar-refractivity contribution in [2.45, 2.75) is 25.7 Å². The Morgan fingerprint density at radius 1 is 1.30 bits per heavy atom. The van der Waals surface area contributed by atoms with E-state index < -0.39 is 0 Å². The minimum atomic E-state index is -0.332. The van der Waals surface area contributed by atoms with Crippen LogP contribution in [0.2, 0.25) is 0 Å². The first-order chi connectivity index (χ1) is 10.7. The molecule has 1 heterocycles. The molecule has 23 heavy (non-hydrogen) atoms. The van der Waals surface area contributed by atoms with Gasteiger partial charge in [0, 0.05) is 13.0 Å². The summed E-state index contributed by atoms with van der Waals surface area (Å²) in [5.41, 5.74) is 1.63. The monoisotopic (exact) mass is 340 g/mol. The molecule has 1 amide bonds. The number of amides is 1. The Morgan fingerprint density at radius 2 is 2.04 bits per heavy atom. The molecule has 0 spiro atoms. The lowest BCUT2D eigenvalue weighted by molar-refractivity contribution is -0.121. The van der Waals surface area contributed by atoms with E-state index >= 15 is 0 Å². The van der Waals surface area contributed by atoms with E-state index in [4.69, 9.17) is 0 Å². The van der Waals surface area contributed by atoms with Gasteiger partial charge in [-0.05, 0) is 56.0 Å². The minimum Gasteiger partial charge on any atom is -0.465 e. The number of esters is 1. The summed E-state index contributed by atoms with van der Waals surface area (Å²) in [6.07, 6.45) is 3.51. The van der Waals surface area contributed by atoms with Gasteiger partial charge in [-0.25, -0.2) is 4.79 Å². The van der Waals surface area contributed by atoms with Crippen LogP contribution in [0.4, 0.5) is 0 Å². The fourth-order valence-electron chi connectivity index (χ4n) is 2.66. The molecule has 1 fully saturated rings. The van der Waals surface area contributed by atoms with Gasteiger partial charge in [0.2, 0.25) is 5.91 Å². The largest absolute Gasteiger partial charge is 0.465 e. The maximum absolute atomic E-state index is 11.8. The number of benzene rings is 1. The molecule has 1 saturated heterocycles. The fourth-order valence-corrected chi connectivity index (χ4v) is 2.66. The molecule has 5 nitrogen and oxygen atoms in total. The Kier molecular flexibility index (Phi) is 8.66. The first-order valence-electron chi connectivity index (χ1n) is 7.83. The molecule has 1 aliphatic rings. The highest BCUT2D eigenvalue weighted by atomic mass is 35.5. The highest BCUT2D eigenvalue weighted by Gasteiger charge is 2.15. The van der Waals surface area contributed by atoms with Gasteiger partial charge in [-0.3, -0.25) is 4.79 Å². The number of nitrogens with one attached hydrogen (secondary N) is 2. The quantitative estimate of drug-likeness (QED) is 0.744. The minimum absolute atomic E-state index is 0. The summed E-state index contributed by atoms with van der Waals surface area (Å²) in [5.74, 6) is 0.441. The molecule has 128 valence electrons. The van der Waals surface area contributed by atoms with Gasteiger partial charge in [0.1, 0.15) is 0 Å². The van der Waals surface area contributed by atoms with Gasteiger partial charge in [-0.15, -0.1) is 12.4 Å². The van der Waals surface area contributed by atoms with Gasteiger partial charge in [0.05, 0.1) is 12.7 Å². The summed E-state index contributed by atoms with van der Waals surface area (Å²) < 4.78 is 4.66. The Morgan fingerprint density at radius 3 is 2.65 bits per heavy atom. The van der Waals surface area contributed by atoms with E-state index in [0.29, 0.717) is 24.4 Å². The lowest BCUT2D eigenvalue weighted by Crippen LogP contribution is -2.26. The summed E-state index contributed by atoms with van der Waals surface area (Å²) >= 11 is 0. The molecule has 1 unspecified atom stereocenters. The van der Waals surface area contributed by atoms with Gasteiger partial charge in [-0.1, -0.05) is 12.1 Å². The first kappa shape index (κ1) is 19.5. The Labute approximate surface area is 143 Å². The van der Waals surface area contributed by atoms with Crippen LogP contribution in [-0.4, -0.2) is 38.6 Å². The number of carbonyl (C=O) groups is 2. The molecule has 1 atom stereocenters. The van der Waals surface area contributed by atoms with Crippen LogP contribution in [0.25, 0.3) is 0 Å². The van der Waals surface area contributed by atoms with Crippen LogP contribution >= 0.6 is 12.4 Å². The molecule has 0 radical (unpaired) electrons. The average molecular weight is 341 g/mol. The molecule has 1 aliphatic heterocycles. The normalized spacial score (nSPS) is 16.5. The average Bonchev–Trinajstić information content (AvgIpc) is 3.06. The summed E-state index contributed by atoms with van der Waals surface area (Å²) in [6, 6.07) is 7.28. The van der Waals surface area contributed by atoms with Crippen molar-refractivity contribution in [2.24, 2.45) is 5.92 Å². The lowest BCUT2D eigenvalue weighted by Gasteiger charge is -2.09.